The highest BCUT2D eigenvalue weighted by atomic mass is 35.5. The first-order chi connectivity index (χ1) is 13.0. The SMILES string of the molecule is N#Cc1ccccc1NC(=O)COC(=O)CCNC(=O)c1ccc(Cl)cc1. The second kappa shape index (κ2) is 9.94. The highest BCUT2D eigenvalue weighted by Crippen LogP contribution is 2.13. The summed E-state index contributed by atoms with van der Waals surface area (Å²) < 4.78 is 4.85. The Morgan fingerprint density at radius 2 is 1.78 bits per heavy atom. The molecule has 2 amide bonds. The van der Waals surface area contributed by atoms with Crippen molar-refractivity contribution in [3.8, 4) is 6.07 Å². The largest absolute Gasteiger partial charge is 0.456 e. The van der Waals surface area contributed by atoms with Gasteiger partial charge in [-0.3, -0.25) is 14.4 Å². The molecule has 0 fully saturated rings. The molecule has 0 radical (unpaired) electrons. The van der Waals surface area contributed by atoms with E-state index in [2.05, 4.69) is 10.6 Å². The zero-order valence-corrected chi connectivity index (χ0v) is 15.0. The summed E-state index contributed by atoms with van der Waals surface area (Å²) in [6.07, 6.45) is -0.0820. The van der Waals surface area contributed by atoms with Gasteiger partial charge in [0, 0.05) is 17.1 Å². The molecule has 2 N–H and O–H groups in total. The van der Waals surface area contributed by atoms with E-state index in [0.29, 0.717) is 21.8 Å². The molecule has 27 heavy (non-hydrogen) atoms. The van der Waals surface area contributed by atoms with Gasteiger partial charge in [-0.2, -0.15) is 5.26 Å². The van der Waals surface area contributed by atoms with Crippen molar-refractivity contribution < 1.29 is 19.1 Å². The van der Waals surface area contributed by atoms with Crippen LogP contribution in [0.2, 0.25) is 5.02 Å². The Morgan fingerprint density at radius 3 is 2.48 bits per heavy atom. The number of nitrogens with zero attached hydrogens (tertiary/aromatic N) is 1. The summed E-state index contributed by atoms with van der Waals surface area (Å²) in [6.45, 7) is -0.414. The molecule has 0 unspecified atom stereocenters. The molecule has 0 spiro atoms. The summed E-state index contributed by atoms with van der Waals surface area (Å²) in [5.74, 6) is -1.53. The molecule has 7 nitrogen and oxygen atoms in total. The number of esters is 1. The predicted molar refractivity (Wildman–Crippen MR) is 99.1 cm³/mol. The molecule has 2 aromatic carbocycles. The maximum atomic E-state index is 11.9. The molecule has 0 aliphatic carbocycles. The number of carbonyl (C=O) groups excluding carboxylic acids is 3. The lowest BCUT2D eigenvalue weighted by atomic mass is 10.2. The summed E-state index contributed by atoms with van der Waals surface area (Å²) in [5, 5.41) is 14.5. The molecule has 2 aromatic rings. The van der Waals surface area contributed by atoms with Crippen LogP contribution in [0, 0.1) is 11.3 Å². The first-order valence-electron chi connectivity index (χ1n) is 7.98. The number of ether oxygens (including phenoxy) is 1. The molecule has 138 valence electrons. The van der Waals surface area contributed by atoms with Gasteiger partial charge in [0.25, 0.3) is 11.8 Å². The van der Waals surface area contributed by atoms with Crippen LogP contribution in [-0.2, 0) is 14.3 Å². The van der Waals surface area contributed by atoms with Crippen LogP contribution in [0.1, 0.15) is 22.3 Å². The molecule has 0 atom stereocenters. The summed E-state index contributed by atoms with van der Waals surface area (Å²) in [6, 6.07) is 14.8. The lowest BCUT2D eigenvalue weighted by Crippen LogP contribution is -2.27. The molecule has 2 rings (SSSR count). The number of amides is 2. The average Bonchev–Trinajstić information content (AvgIpc) is 2.67. The second-order valence-corrected chi connectivity index (χ2v) is 5.82. The molecule has 0 aliphatic heterocycles. The Bertz CT molecular complexity index is 875. The van der Waals surface area contributed by atoms with Crippen LogP contribution in [0.4, 0.5) is 5.69 Å². The number of para-hydroxylation sites is 1. The molecule has 0 aliphatic rings. The van der Waals surface area contributed by atoms with Gasteiger partial charge in [-0.1, -0.05) is 23.7 Å². The van der Waals surface area contributed by atoms with Crippen LogP contribution in [-0.4, -0.2) is 30.9 Å². The number of rotatable bonds is 7. The number of halogens is 1. The van der Waals surface area contributed by atoms with Crippen molar-refractivity contribution in [2.75, 3.05) is 18.5 Å². The zero-order chi connectivity index (χ0) is 19.6. The van der Waals surface area contributed by atoms with Gasteiger partial charge in [0.05, 0.1) is 17.7 Å². The highest BCUT2D eigenvalue weighted by Gasteiger charge is 2.11. The molecular formula is C19H16ClN3O4. The van der Waals surface area contributed by atoms with Crippen LogP contribution in [0.25, 0.3) is 0 Å². The third-order valence-electron chi connectivity index (χ3n) is 3.41. The summed E-state index contributed by atoms with van der Waals surface area (Å²) in [4.78, 5) is 35.3. The highest BCUT2D eigenvalue weighted by molar-refractivity contribution is 6.30. The van der Waals surface area contributed by atoms with Crippen molar-refractivity contribution in [1.29, 1.82) is 5.26 Å². The fraction of sp³-hybridized carbons (Fsp3) is 0.158. The molecule has 0 saturated heterocycles. The van der Waals surface area contributed by atoms with Crippen LogP contribution in [0.5, 0.6) is 0 Å². The fourth-order valence-corrected chi connectivity index (χ4v) is 2.20. The number of carbonyl (C=O) groups is 3. The third-order valence-corrected chi connectivity index (χ3v) is 3.66. The van der Waals surface area contributed by atoms with E-state index in [0.717, 1.165) is 0 Å². The first kappa shape index (κ1) is 19.9. The normalized spacial score (nSPS) is 9.78. The van der Waals surface area contributed by atoms with E-state index in [4.69, 9.17) is 21.6 Å². The van der Waals surface area contributed by atoms with Crippen LogP contribution in [0.3, 0.4) is 0 Å². The Balaban J connectivity index is 1.70. The van der Waals surface area contributed by atoms with Gasteiger partial charge in [0.1, 0.15) is 6.07 Å². The molecule has 0 saturated carbocycles. The maximum Gasteiger partial charge on any atom is 0.308 e. The van der Waals surface area contributed by atoms with Gasteiger partial charge in [0.15, 0.2) is 6.61 Å². The monoisotopic (exact) mass is 385 g/mol. The Labute approximate surface area is 160 Å². The molecule has 0 heterocycles. The summed E-state index contributed by atoms with van der Waals surface area (Å²) >= 11 is 5.75. The van der Waals surface area contributed by atoms with E-state index in [1.807, 2.05) is 6.07 Å². The summed E-state index contributed by atoms with van der Waals surface area (Å²) in [5.41, 5.74) is 1.07. The molecule has 8 heteroatoms. The van der Waals surface area contributed by atoms with Crippen molar-refractivity contribution >= 4 is 35.1 Å². The minimum atomic E-state index is -0.630. The standard InChI is InChI=1S/C19H16ClN3O4/c20-15-7-5-13(6-8-15)19(26)22-10-9-18(25)27-12-17(24)23-16-4-2-1-3-14(16)11-21/h1-8H,9-10,12H2,(H,22,26)(H,23,24). The van der Waals surface area contributed by atoms with Gasteiger partial charge >= 0.3 is 5.97 Å². The fourth-order valence-electron chi connectivity index (χ4n) is 2.08. The van der Waals surface area contributed by atoms with E-state index < -0.39 is 18.5 Å². The number of hydrogen-bond acceptors (Lipinski definition) is 5. The van der Waals surface area contributed by atoms with Gasteiger partial charge in [-0.25, -0.2) is 0 Å². The minimum absolute atomic E-state index is 0.0686. The van der Waals surface area contributed by atoms with Gasteiger partial charge in [0.2, 0.25) is 0 Å². The van der Waals surface area contributed by atoms with Crippen molar-refractivity contribution in [3.05, 3.63) is 64.7 Å². The number of anilines is 1. The Morgan fingerprint density at radius 1 is 1.07 bits per heavy atom. The van der Waals surface area contributed by atoms with Gasteiger partial charge in [-0.15, -0.1) is 0 Å². The molecular weight excluding hydrogens is 370 g/mol. The Kier molecular flexibility index (Phi) is 7.35. The molecule has 0 bridgehead atoms. The predicted octanol–water partition coefficient (Wildman–Crippen LogP) is 2.51. The van der Waals surface area contributed by atoms with E-state index >= 15 is 0 Å². The summed E-state index contributed by atoms with van der Waals surface area (Å²) in [7, 11) is 0. The van der Waals surface area contributed by atoms with Crippen molar-refractivity contribution in [2.45, 2.75) is 6.42 Å². The maximum absolute atomic E-state index is 11.9. The van der Waals surface area contributed by atoms with Crippen molar-refractivity contribution in [1.82, 2.24) is 5.32 Å². The Hall–Kier alpha value is -3.37. The lowest BCUT2D eigenvalue weighted by Gasteiger charge is -2.08. The quantitative estimate of drug-likeness (QED) is 0.712. The van der Waals surface area contributed by atoms with Crippen LogP contribution < -0.4 is 10.6 Å². The van der Waals surface area contributed by atoms with E-state index in [-0.39, 0.29) is 18.9 Å². The zero-order valence-electron chi connectivity index (χ0n) is 14.2. The lowest BCUT2D eigenvalue weighted by molar-refractivity contribution is -0.147. The number of hydrogen-bond donors (Lipinski definition) is 2. The number of nitrogens with one attached hydrogen (secondary N) is 2. The number of nitriles is 1. The van der Waals surface area contributed by atoms with E-state index in [1.165, 1.54) is 0 Å². The van der Waals surface area contributed by atoms with E-state index in [9.17, 15) is 14.4 Å². The topological polar surface area (TPSA) is 108 Å². The number of benzene rings is 2. The van der Waals surface area contributed by atoms with Crippen molar-refractivity contribution in [3.63, 3.8) is 0 Å². The smallest absolute Gasteiger partial charge is 0.308 e. The second-order valence-electron chi connectivity index (χ2n) is 5.38. The van der Waals surface area contributed by atoms with Gasteiger partial charge in [-0.05, 0) is 36.4 Å². The molecule has 0 aromatic heterocycles. The van der Waals surface area contributed by atoms with Crippen molar-refractivity contribution in [2.24, 2.45) is 0 Å². The van der Waals surface area contributed by atoms with E-state index in [1.54, 1.807) is 48.5 Å². The van der Waals surface area contributed by atoms with Crippen LogP contribution in [0.15, 0.2) is 48.5 Å². The average molecular weight is 386 g/mol. The van der Waals surface area contributed by atoms with Gasteiger partial charge < -0.3 is 15.4 Å². The minimum Gasteiger partial charge on any atom is -0.456 e. The third kappa shape index (κ3) is 6.45. The first-order valence-corrected chi connectivity index (χ1v) is 8.36. The van der Waals surface area contributed by atoms with Crippen LogP contribution >= 0.6 is 11.6 Å².